The standard InChI is InChI=1S/C12H7BrF2O2S/c13-9-5-10(18-6-9)12(14,15)8-3-1-2-7(4-8)11(16)17/h1-6H,(H,16,17). The second-order valence-electron chi connectivity index (χ2n) is 3.59. The first-order chi connectivity index (χ1) is 8.41. The van der Waals surface area contributed by atoms with Gasteiger partial charge in [-0.2, -0.15) is 8.78 Å². The van der Waals surface area contributed by atoms with Crippen LogP contribution in [0.25, 0.3) is 0 Å². The molecule has 0 unspecified atom stereocenters. The highest BCUT2D eigenvalue weighted by molar-refractivity contribution is 9.10. The van der Waals surface area contributed by atoms with Crippen molar-refractivity contribution in [3.05, 3.63) is 56.2 Å². The molecule has 18 heavy (non-hydrogen) atoms. The summed E-state index contributed by atoms with van der Waals surface area (Å²) >= 11 is 4.04. The molecule has 0 amide bonds. The Kier molecular flexibility index (Phi) is 3.49. The molecule has 0 aliphatic heterocycles. The van der Waals surface area contributed by atoms with E-state index in [-0.39, 0.29) is 16.0 Å². The zero-order chi connectivity index (χ0) is 13.3. The number of thiophene rings is 1. The Labute approximate surface area is 114 Å². The van der Waals surface area contributed by atoms with E-state index in [1.165, 1.54) is 24.3 Å². The summed E-state index contributed by atoms with van der Waals surface area (Å²) in [5.41, 5.74) is -0.473. The predicted molar refractivity (Wildman–Crippen MR) is 68.4 cm³/mol. The van der Waals surface area contributed by atoms with Crippen molar-refractivity contribution in [3.63, 3.8) is 0 Å². The topological polar surface area (TPSA) is 37.3 Å². The fourth-order valence-corrected chi connectivity index (χ4v) is 2.90. The van der Waals surface area contributed by atoms with E-state index in [1.807, 2.05) is 0 Å². The number of aromatic carboxylic acids is 1. The van der Waals surface area contributed by atoms with Crippen molar-refractivity contribution < 1.29 is 18.7 Å². The van der Waals surface area contributed by atoms with Crippen molar-refractivity contribution in [2.45, 2.75) is 5.92 Å². The van der Waals surface area contributed by atoms with Gasteiger partial charge in [0.1, 0.15) is 0 Å². The fourth-order valence-electron chi connectivity index (χ4n) is 1.47. The van der Waals surface area contributed by atoms with E-state index in [9.17, 15) is 13.6 Å². The minimum Gasteiger partial charge on any atom is -0.478 e. The van der Waals surface area contributed by atoms with Gasteiger partial charge in [0.2, 0.25) is 0 Å². The minimum atomic E-state index is -3.19. The Morgan fingerprint density at radius 1 is 1.33 bits per heavy atom. The lowest BCUT2D eigenvalue weighted by atomic mass is 10.0. The Morgan fingerprint density at radius 3 is 2.61 bits per heavy atom. The second kappa shape index (κ2) is 4.78. The Bertz CT molecular complexity index is 595. The molecule has 0 saturated heterocycles. The van der Waals surface area contributed by atoms with E-state index in [2.05, 4.69) is 15.9 Å². The number of carboxylic acid groups (broad SMARTS) is 1. The van der Waals surface area contributed by atoms with E-state index in [1.54, 1.807) is 5.38 Å². The highest BCUT2D eigenvalue weighted by Crippen LogP contribution is 2.40. The highest BCUT2D eigenvalue weighted by atomic mass is 79.9. The lowest BCUT2D eigenvalue weighted by Crippen LogP contribution is -2.14. The molecule has 0 bridgehead atoms. The number of halogens is 3. The van der Waals surface area contributed by atoms with E-state index in [0.29, 0.717) is 4.47 Å². The van der Waals surface area contributed by atoms with Gasteiger partial charge in [-0.1, -0.05) is 12.1 Å². The molecule has 1 aromatic heterocycles. The summed E-state index contributed by atoms with van der Waals surface area (Å²) in [6, 6.07) is 6.15. The zero-order valence-corrected chi connectivity index (χ0v) is 11.3. The van der Waals surface area contributed by atoms with Crippen LogP contribution in [0.2, 0.25) is 0 Å². The van der Waals surface area contributed by atoms with Crippen LogP contribution in [0.5, 0.6) is 0 Å². The number of rotatable bonds is 3. The van der Waals surface area contributed by atoms with E-state index >= 15 is 0 Å². The normalized spacial score (nSPS) is 11.5. The quantitative estimate of drug-likeness (QED) is 0.907. The molecule has 0 radical (unpaired) electrons. The van der Waals surface area contributed by atoms with Crippen LogP contribution in [-0.4, -0.2) is 11.1 Å². The molecule has 1 heterocycles. The molecule has 2 aromatic rings. The van der Waals surface area contributed by atoms with Gasteiger partial charge < -0.3 is 5.11 Å². The number of carbonyl (C=O) groups is 1. The third-order valence-corrected chi connectivity index (χ3v) is 4.11. The molecular formula is C12H7BrF2O2S. The third kappa shape index (κ3) is 2.44. The predicted octanol–water partition coefficient (Wildman–Crippen LogP) is 4.35. The van der Waals surface area contributed by atoms with Crippen LogP contribution in [0.15, 0.2) is 40.2 Å². The highest BCUT2D eigenvalue weighted by Gasteiger charge is 2.36. The summed E-state index contributed by atoms with van der Waals surface area (Å²) < 4.78 is 28.9. The molecule has 1 aromatic carbocycles. The first kappa shape index (κ1) is 13.2. The van der Waals surface area contributed by atoms with Crippen molar-refractivity contribution in [2.24, 2.45) is 0 Å². The van der Waals surface area contributed by atoms with Gasteiger partial charge in [-0.3, -0.25) is 0 Å². The Hall–Kier alpha value is -1.27. The molecule has 0 atom stereocenters. The lowest BCUT2D eigenvalue weighted by molar-refractivity contribution is 0.0467. The van der Waals surface area contributed by atoms with Gasteiger partial charge in [0.25, 0.3) is 0 Å². The van der Waals surface area contributed by atoms with Crippen molar-refractivity contribution in [1.82, 2.24) is 0 Å². The van der Waals surface area contributed by atoms with Gasteiger partial charge in [-0.25, -0.2) is 4.79 Å². The van der Waals surface area contributed by atoms with Gasteiger partial charge in [-0.15, -0.1) is 11.3 Å². The molecule has 0 spiro atoms. The number of hydrogen-bond donors (Lipinski definition) is 1. The molecule has 94 valence electrons. The zero-order valence-electron chi connectivity index (χ0n) is 8.86. The molecular weight excluding hydrogens is 326 g/mol. The van der Waals surface area contributed by atoms with Crippen molar-refractivity contribution in [2.75, 3.05) is 0 Å². The molecule has 0 aliphatic carbocycles. The van der Waals surface area contributed by atoms with Crippen LogP contribution >= 0.6 is 27.3 Å². The van der Waals surface area contributed by atoms with Gasteiger partial charge in [-0.05, 0) is 34.1 Å². The Morgan fingerprint density at radius 2 is 2.06 bits per heavy atom. The average Bonchev–Trinajstić information content (AvgIpc) is 2.77. The number of hydrogen-bond acceptors (Lipinski definition) is 2. The van der Waals surface area contributed by atoms with E-state index < -0.39 is 11.9 Å². The van der Waals surface area contributed by atoms with Crippen LogP contribution in [0.4, 0.5) is 8.78 Å². The maximum absolute atomic E-state index is 14.1. The Balaban J connectivity index is 2.46. The van der Waals surface area contributed by atoms with Gasteiger partial charge in [0.05, 0.1) is 10.4 Å². The maximum atomic E-state index is 14.1. The van der Waals surface area contributed by atoms with Crippen LogP contribution in [0.3, 0.4) is 0 Å². The van der Waals surface area contributed by atoms with Gasteiger partial charge in [0.15, 0.2) is 0 Å². The molecule has 0 aliphatic rings. The molecule has 2 nitrogen and oxygen atoms in total. The van der Waals surface area contributed by atoms with Crippen LogP contribution < -0.4 is 0 Å². The third-order valence-electron chi connectivity index (χ3n) is 2.35. The SMILES string of the molecule is O=C(O)c1cccc(C(F)(F)c2cc(Br)cs2)c1. The minimum absolute atomic E-state index is 0.128. The fraction of sp³-hybridized carbons (Fsp3) is 0.0833. The van der Waals surface area contributed by atoms with Gasteiger partial charge in [0, 0.05) is 15.4 Å². The van der Waals surface area contributed by atoms with Crippen LogP contribution in [0.1, 0.15) is 20.8 Å². The van der Waals surface area contributed by atoms with E-state index in [4.69, 9.17) is 5.11 Å². The van der Waals surface area contributed by atoms with Crippen molar-refractivity contribution in [1.29, 1.82) is 0 Å². The first-order valence-corrected chi connectivity index (χ1v) is 6.54. The molecule has 2 rings (SSSR count). The summed E-state index contributed by atoms with van der Waals surface area (Å²) in [6.45, 7) is 0. The summed E-state index contributed by atoms with van der Waals surface area (Å²) in [5, 5.41) is 10.4. The second-order valence-corrected chi connectivity index (χ2v) is 5.42. The monoisotopic (exact) mass is 332 g/mol. The largest absolute Gasteiger partial charge is 0.478 e. The summed E-state index contributed by atoms with van der Waals surface area (Å²) in [5.74, 6) is -4.41. The van der Waals surface area contributed by atoms with Crippen molar-refractivity contribution in [3.8, 4) is 0 Å². The molecule has 0 fully saturated rings. The molecule has 6 heteroatoms. The number of carboxylic acids is 1. The van der Waals surface area contributed by atoms with E-state index in [0.717, 1.165) is 17.4 Å². The maximum Gasteiger partial charge on any atom is 0.335 e. The summed E-state index contributed by atoms with van der Waals surface area (Å²) in [6.07, 6.45) is 0. The number of benzene rings is 1. The van der Waals surface area contributed by atoms with Crippen LogP contribution in [-0.2, 0) is 5.92 Å². The summed E-state index contributed by atoms with van der Waals surface area (Å²) in [4.78, 5) is 10.6. The lowest BCUT2D eigenvalue weighted by Gasteiger charge is -2.15. The van der Waals surface area contributed by atoms with Gasteiger partial charge >= 0.3 is 11.9 Å². The van der Waals surface area contributed by atoms with Crippen molar-refractivity contribution >= 4 is 33.2 Å². The number of alkyl halides is 2. The summed E-state index contributed by atoms with van der Waals surface area (Å²) in [7, 11) is 0. The smallest absolute Gasteiger partial charge is 0.335 e. The average molecular weight is 333 g/mol. The first-order valence-electron chi connectivity index (χ1n) is 4.87. The molecule has 0 saturated carbocycles. The molecule has 1 N–H and O–H groups in total. The van der Waals surface area contributed by atoms with Crippen LogP contribution in [0, 0.1) is 0 Å².